The van der Waals surface area contributed by atoms with Crippen LogP contribution < -0.4 is 0 Å². The predicted octanol–water partition coefficient (Wildman–Crippen LogP) is 1.64. The SMILES string of the molecule is C=C(OC(F)=C(F)F)C(=O)O. The van der Waals surface area contributed by atoms with Gasteiger partial charge in [-0.05, 0) is 6.58 Å². The van der Waals surface area contributed by atoms with Gasteiger partial charge in [-0.25, -0.2) is 4.79 Å². The van der Waals surface area contributed by atoms with E-state index in [1.807, 2.05) is 0 Å². The summed E-state index contributed by atoms with van der Waals surface area (Å²) >= 11 is 0. The zero-order valence-electron chi connectivity index (χ0n) is 5.10. The Hall–Kier alpha value is -1.46. The van der Waals surface area contributed by atoms with Gasteiger partial charge in [0, 0.05) is 0 Å². The summed E-state index contributed by atoms with van der Waals surface area (Å²) in [4.78, 5) is 9.80. The molecule has 0 rings (SSSR count). The van der Waals surface area contributed by atoms with Gasteiger partial charge in [-0.3, -0.25) is 0 Å². The minimum atomic E-state index is -2.73. The Kier molecular flexibility index (Phi) is 3.16. The number of hydrogen-bond acceptors (Lipinski definition) is 2. The van der Waals surface area contributed by atoms with E-state index in [1.54, 1.807) is 0 Å². The third-order valence-electron chi connectivity index (χ3n) is 0.600. The number of aliphatic carboxylic acids is 1. The quantitative estimate of drug-likeness (QED) is 0.514. The Bertz CT molecular complexity index is 217. The van der Waals surface area contributed by atoms with E-state index in [2.05, 4.69) is 11.3 Å². The van der Waals surface area contributed by atoms with Crippen LogP contribution in [0.5, 0.6) is 0 Å². The van der Waals surface area contributed by atoms with Crippen molar-refractivity contribution in [2.24, 2.45) is 0 Å². The molecule has 0 aliphatic carbocycles. The Morgan fingerprint density at radius 1 is 1.36 bits per heavy atom. The molecule has 0 radical (unpaired) electrons. The van der Waals surface area contributed by atoms with E-state index in [0.29, 0.717) is 0 Å². The van der Waals surface area contributed by atoms with Gasteiger partial charge in [0.2, 0.25) is 5.76 Å². The summed E-state index contributed by atoms with van der Waals surface area (Å²) in [6, 6.07) is -2.25. The number of carbonyl (C=O) groups is 1. The van der Waals surface area contributed by atoms with Crippen LogP contribution in [0.25, 0.3) is 0 Å². The Morgan fingerprint density at radius 3 is 2.09 bits per heavy atom. The molecule has 62 valence electrons. The molecule has 1 N–H and O–H groups in total. The molecule has 0 aromatic carbocycles. The first kappa shape index (κ1) is 9.54. The molecule has 0 aliphatic heterocycles. The van der Waals surface area contributed by atoms with Gasteiger partial charge in [0.25, 0.3) is 0 Å². The molecule has 6 heteroatoms. The third-order valence-corrected chi connectivity index (χ3v) is 0.600. The van der Waals surface area contributed by atoms with Crippen LogP contribution in [-0.2, 0) is 9.53 Å². The molecule has 0 amide bonds. The Balaban J connectivity index is 4.18. The lowest BCUT2D eigenvalue weighted by Gasteiger charge is -1.98. The fourth-order valence-electron chi connectivity index (χ4n) is 0.190. The van der Waals surface area contributed by atoms with Gasteiger partial charge in [0.15, 0.2) is 0 Å². The van der Waals surface area contributed by atoms with Gasteiger partial charge in [-0.1, -0.05) is 0 Å². The summed E-state index contributed by atoms with van der Waals surface area (Å²) in [7, 11) is 0. The molecule has 0 spiro atoms. The fourth-order valence-corrected chi connectivity index (χ4v) is 0.190. The largest absolute Gasteiger partial charge is 0.475 e. The first-order chi connectivity index (χ1) is 4.95. The maximum Gasteiger partial charge on any atom is 0.371 e. The molecule has 0 bridgehead atoms. The summed E-state index contributed by atoms with van der Waals surface area (Å²) in [6.45, 7) is 2.65. The van der Waals surface area contributed by atoms with Crippen molar-refractivity contribution in [2.45, 2.75) is 0 Å². The Labute approximate surface area is 59.4 Å². The lowest BCUT2D eigenvalue weighted by atomic mass is 10.6. The first-order valence-electron chi connectivity index (χ1n) is 2.26. The monoisotopic (exact) mass is 168 g/mol. The second-order valence-electron chi connectivity index (χ2n) is 1.36. The van der Waals surface area contributed by atoms with E-state index < -0.39 is 23.8 Å². The molecule has 0 fully saturated rings. The number of rotatable bonds is 3. The highest BCUT2D eigenvalue weighted by atomic mass is 19.3. The normalized spacial score (nSPS) is 8.64. The van der Waals surface area contributed by atoms with E-state index in [0.717, 1.165) is 0 Å². The second kappa shape index (κ2) is 3.65. The molecular formula is C5H3F3O3. The summed E-state index contributed by atoms with van der Waals surface area (Å²) in [5.74, 6) is -2.81. The van der Waals surface area contributed by atoms with Crippen molar-refractivity contribution in [3.8, 4) is 0 Å². The van der Waals surface area contributed by atoms with Gasteiger partial charge in [-0.15, -0.1) is 0 Å². The van der Waals surface area contributed by atoms with Gasteiger partial charge in [0.1, 0.15) is 0 Å². The third kappa shape index (κ3) is 3.29. The van der Waals surface area contributed by atoms with Gasteiger partial charge >= 0.3 is 18.1 Å². The van der Waals surface area contributed by atoms with Crippen LogP contribution in [0.4, 0.5) is 13.2 Å². The highest BCUT2D eigenvalue weighted by Crippen LogP contribution is 2.13. The molecule has 0 aromatic heterocycles. The van der Waals surface area contributed by atoms with Crippen LogP contribution in [0, 0.1) is 0 Å². The molecule has 0 atom stereocenters. The van der Waals surface area contributed by atoms with Crippen LogP contribution >= 0.6 is 0 Å². The fraction of sp³-hybridized carbons (Fsp3) is 0. The number of ether oxygens (including phenoxy) is 1. The molecular weight excluding hydrogens is 165 g/mol. The van der Waals surface area contributed by atoms with Crippen molar-refractivity contribution in [2.75, 3.05) is 0 Å². The highest BCUT2D eigenvalue weighted by molar-refractivity contribution is 5.83. The Morgan fingerprint density at radius 2 is 1.82 bits per heavy atom. The second-order valence-corrected chi connectivity index (χ2v) is 1.36. The number of carboxylic acids is 1. The van der Waals surface area contributed by atoms with E-state index >= 15 is 0 Å². The van der Waals surface area contributed by atoms with Gasteiger partial charge < -0.3 is 9.84 Å². The average molecular weight is 168 g/mol. The molecule has 11 heavy (non-hydrogen) atoms. The van der Waals surface area contributed by atoms with E-state index in [1.165, 1.54) is 0 Å². The van der Waals surface area contributed by atoms with Gasteiger partial charge in [0.05, 0.1) is 0 Å². The van der Waals surface area contributed by atoms with Crippen molar-refractivity contribution in [1.82, 2.24) is 0 Å². The van der Waals surface area contributed by atoms with Crippen molar-refractivity contribution < 1.29 is 27.8 Å². The maximum atomic E-state index is 11.7. The molecule has 0 saturated carbocycles. The van der Waals surface area contributed by atoms with Crippen LogP contribution in [0.1, 0.15) is 0 Å². The predicted molar refractivity (Wildman–Crippen MR) is 28.2 cm³/mol. The van der Waals surface area contributed by atoms with Gasteiger partial charge in [-0.2, -0.15) is 13.2 Å². The zero-order chi connectivity index (χ0) is 9.02. The summed E-state index contributed by atoms with van der Waals surface area (Å²) in [5, 5.41) is 7.95. The molecule has 0 aliphatic rings. The van der Waals surface area contributed by atoms with Crippen molar-refractivity contribution >= 4 is 5.97 Å². The molecule has 0 heterocycles. The lowest BCUT2D eigenvalue weighted by molar-refractivity contribution is -0.136. The van der Waals surface area contributed by atoms with Crippen LogP contribution in [0.15, 0.2) is 24.4 Å². The lowest BCUT2D eigenvalue weighted by Crippen LogP contribution is -2.01. The average Bonchev–Trinajstić information content (AvgIpc) is 1.87. The summed E-state index contributed by atoms with van der Waals surface area (Å²) in [5.41, 5.74) is 0. The molecule has 0 saturated heterocycles. The van der Waals surface area contributed by atoms with Crippen LogP contribution in [0.3, 0.4) is 0 Å². The molecule has 0 aromatic rings. The number of hydrogen-bond donors (Lipinski definition) is 1. The van der Waals surface area contributed by atoms with Crippen LogP contribution in [-0.4, -0.2) is 11.1 Å². The van der Waals surface area contributed by atoms with E-state index in [9.17, 15) is 18.0 Å². The van der Waals surface area contributed by atoms with E-state index in [4.69, 9.17) is 5.11 Å². The molecule has 0 unspecified atom stereocenters. The highest BCUT2D eigenvalue weighted by Gasteiger charge is 2.12. The maximum absolute atomic E-state index is 11.7. The minimum Gasteiger partial charge on any atom is -0.475 e. The van der Waals surface area contributed by atoms with E-state index in [-0.39, 0.29) is 0 Å². The summed E-state index contributed by atoms with van der Waals surface area (Å²) < 4.78 is 37.6. The first-order valence-corrected chi connectivity index (χ1v) is 2.26. The standard InChI is InChI=1S/C5H3F3O3/c1-2(5(9)10)11-4(8)3(6)7/h1H2,(H,9,10). The van der Waals surface area contributed by atoms with Crippen molar-refractivity contribution in [1.29, 1.82) is 0 Å². The minimum absolute atomic E-state index is 1.10. The van der Waals surface area contributed by atoms with Crippen molar-refractivity contribution in [3.63, 3.8) is 0 Å². The molecule has 3 nitrogen and oxygen atoms in total. The van der Waals surface area contributed by atoms with Crippen LogP contribution in [0.2, 0.25) is 0 Å². The topological polar surface area (TPSA) is 46.5 Å². The number of carboxylic acid groups (broad SMARTS) is 1. The smallest absolute Gasteiger partial charge is 0.371 e. The van der Waals surface area contributed by atoms with Crippen molar-refractivity contribution in [3.05, 3.63) is 24.4 Å². The zero-order valence-corrected chi connectivity index (χ0v) is 5.10. The number of halogens is 3. The summed E-state index contributed by atoms with van der Waals surface area (Å²) in [6.07, 6.45) is -2.73.